The van der Waals surface area contributed by atoms with Crippen molar-refractivity contribution in [3.63, 3.8) is 0 Å². The third-order valence-electron chi connectivity index (χ3n) is 4.78. The average Bonchev–Trinajstić information content (AvgIpc) is 2.67. The third-order valence-corrected chi connectivity index (χ3v) is 4.78. The molecule has 0 unspecified atom stereocenters. The molecule has 0 bridgehead atoms. The number of carbonyl (C=O) groups is 1. The highest BCUT2D eigenvalue weighted by molar-refractivity contribution is 5.79. The van der Waals surface area contributed by atoms with Crippen LogP contribution in [-0.2, 0) is 4.79 Å². The quantitative estimate of drug-likeness (QED) is 0.868. The Hall–Kier alpha value is -2.43. The lowest BCUT2D eigenvalue weighted by atomic mass is 9.94. The first-order valence-corrected chi connectivity index (χ1v) is 8.56. The molecule has 1 aliphatic rings. The van der Waals surface area contributed by atoms with E-state index in [2.05, 4.69) is 27.0 Å². The van der Waals surface area contributed by atoms with Crippen molar-refractivity contribution in [2.24, 2.45) is 5.92 Å². The van der Waals surface area contributed by atoms with Crippen molar-refractivity contribution in [1.82, 2.24) is 14.9 Å². The van der Waals surface area contributed by atoms with E-state index in [-0.39, 0.29) is 11.8 Å². The summed E-state index contributed by atoms with van der Waals surface area (Å²) in [7, 11) is 1.88. The minimum atomic E-state index is 0.135. The monoisotopic (exact) mass is 324 g/mol. The van der Waals surface area contributed by atoms with Gasteiger partial charge in [-0.15, -0.1) is 0 Å². The highest BCUT2D eigenvalue weighted by Gasteiger charge is 2.28. The maximum Gasteiger partial charge on any atom is 0.225 e. The number of hydrogen-bond acceptors (Lipinski definition) is 4. The third kappa shape index (κ3) is 3.40. The summed E-state index contributed by atoms with van der Waals surface area (Å²) in [5.41, 5.74) is 3.11. The molecule has 0 N–H and O–H groups in total. The van der Waals surface area contributed by atoms with Crippen LogP contribution in [-0.4, -0.2) is 47.5 Å². The minimum absolute atomic E-state index is 0.135. The molecule has 1 aromatic heterocycles. The molecule has 1 amide bonds. The maximum atomic E-state index is 12.3. The van der Waals surface area contributed by atoms with Crippen LogP contribution in [0.5, 0.6) is 0 Å². The van der Waals surface area contributed by atoms with E-state index >= 15 is 0 Å². The van der Waals surface area contributed by atoms with Gasteiger partial charge in [0.25, 0.3) is 0 Å². The van der Waals surface area contributed by atoms with Gasteiger partial charge in [0, 0.05) is 38.2 Å². The van der Waals surface area contributed by atoms with Gasteiger partial charge in [-0.05, 0) is 19.8 Å². The van der Waals surface area contributed by atoms with Gasteiger partial charge < -0.3 is 9.80 Å². The number of carbonyl (C=O) groups excluding carboxylic acids is 1. The summed E-state index contributed by atoms with van der Waals surface area (Å²) in [6.07, 6.45) is 5.24. The molecule has 0 spiro atoms. The summed E-state index contributed by atoms with van der Waals surface area (Å²) in [4.78, 5) is 25.2. The molecule has 5 nitrogen and oxygen atoms in total. The zero-order valence-electron chi connectivity index (χ0n) is 14.4. The Balaban J connectivity index is 1.75. The Labute approximate surface area is 143 Å². The first kappa shape index (κ1) is 16.4. The van der Waals surface area contributed by atoms with Crippen LogP contribution in [0.1, 0.15) is 19.8 Å². The lowest BCUT2D eigenvalue weighted by molar-refractivity contribution is -0.134. The predicted octanol–water partition coefficient (Wildman–Crippen LogP) is 2.84. The molecule has 0 radical (unpaired) electrons. The predicted molar refractivity (Wildman–Crippen MR) is 95.7 cm³/mol. The van der Waals surface area contributed by atoms with E-state index in [0.717, 1.165) is 49.4 Å². The first-order chi connectivity index (χ1) is 11.7. The van der Waals surface area contributed by atoms with E-state index < -0.39 is 0 Å². The molecule has 3 rings (SSSR count). The number of nitrogens with zero attached hydrogens (tertiary/aromatic N) is 4. The topological polar surface area (TPSA) is 49.3 Å². The van der Waals surface area contributed by atoms with Crippen molar-refractivity contribution in [2.45, 2.75) is 19.8 Å². The highest BCUT2D eigenvalue weighted by atomic mass is 16.2. The van der Waals surface area contributed by atoms with Crippen molar-refractivity contribution in [2.75, 3.05) is 31.6 Å². The summed E-state index contributed by atoms with van der Waals surface area (Å²) in [5.74, 6) is 0.403. The average molecular weight is 324 g/mol. The number of benzene rings is 1. The molecule has 1 fully saturated rings. The molecule has 0 atom stereocenters. The van der Waals surface area contributed by atoms with Crippen LogP contribution >= 0.6 is 0 Å². The van der Waals surface area contributed by atoms with Gasteiger partial charge in [-0.25, -0.2) is 9.97 Å². The number of hydrogen-bond donors (Lipinski definition) is 0. The second kappa shape index (κ2) is 7.43. The summed E-state index contributed by atoms with van der Waals surface area (Å²) in [5, 5.41) is 0. The van der Waals surface area contributed by atoms with E-state index in [1.165, 1.54) is 0 Å². The van der Waals surface area contributed by atoms with Gasteiger partial charge in [0.2, 0.25) is 5.91 Å². The second-order valence-corrected chi connectivity index (χ2v) is 6.24. The zero-order chi connectivity index (χ0) is 16.9. The van der Waals surface area contributed by atoms with Gasteiger partial charge in [-0.1, -0.05) is 30.3 Å². The molecule has 2 aromatic rings. The van der Waals surface area contributed by atoms with Crippen LogP contribution in [0.2, 0.25) is 0 Å². The van der Waals surface area contributed by atoms with Gasteiger partial charge in [0.1, 0.15) is 6.33 Å². The molecule has 1 aliphatic heterocycles. The second-order valence-electron chi connectivity index (χ2n) is 6.24. The lowest BCUT2D eigenvalue weighted by Crippen LogP contribution is -2.41. The van der Waals surface area contributed by atoms with Gasteiger partial charge in [0.05, 0.1) is 17.6 Å². The van der Waals surface area contributed by atoms with E-state index in [4.69, 9.17) is 0 Å². The molecule has 2 heterocycles. The van der Waals surface area contributed by atoms with E-state index in [1.807, 2.05) is 43.3 Å². The van der Waals surface area contributed by atoms with Crippen molar-refractivity contribution in [1.29, 1.82) is 0 Å². The number of piperidine rings is 1. The van der Waals surface area contributed by atoms with Crippen LogP contribution in [0, 0.1) is 5.92 Å². The van der Waals surface area contributed by atoms with E-state index in [9.17, 15) is 4.79 Å². The molecule has 24 heavy (non-hydrogen) atoms. The van der Waals surface area contributed by atoms with Gasteiger partial charge in [-0.3, -0.25) is 4.79 Å². The van der Waals surface area contributed by atoms with E-state index in [0.29, 0.717) is 0 Å². The van der Waals surface area contributed by atoms with E-state index in [1.54, 1.807) is 6.33 Å². The molecule has 126 valence electrons. The number of anilines is 1. The van der Waals surface area contributed by atoms with Crippen LogP contribution in [0.15, 0.2) is 42.9 Å². The molecular weight excluding hydrogens is 300 g/mol. The molecule has 0 aliphatic carbocycles. The Bertz CT molecular complexity index is 681. The summed E-state index contributed by atoms with van der Waals surface area (Å²) in [6, 6.07) is 10.2. The Morgan fingerprint density at radius 1 is 1.25 bits per heavy atom. The summed E-state index contributed by atoms with van der Waals surface area (Å²) < 4.78 is 0. The Morgan fingerprint density at radius 3 is 2.62 bits per heavy atom. The van der Waals surface area contributed by atoms with Crippen LogP contribution in [0.4, 0.5) is 5.69 Å². The SMILES string of the molecule is CCN(C)C(=O)C1CCN(c2cncnc2-c2ccccc2)CC1. The van der Waals surface area contributed by atoms with Crippen LogP contribution < -0.4 is 4.90 Å². The van der Waals surface area contributed by atoms with Gasteiger partial charge in [-0.2, -0.15) is 0 Å². The lowest BCUT2D eigenvalue weighted by Gasteiger charge is -2.34. The molecular formula is C19H24N4O. The summed E-state index contributed by atoms with van der Waals surface area (Å²) in [6.45, 7) is 4.51. The molecule has 1 aromatic carbocycles. The molecule has 5 heteroatoms. The summed E-state index contributed by atoms with van der Waals surface area (Å²) >= 11 is 0. The fourth-order valence-corrected chi connectivity index (χ4v) is 3.21. The van der Waals surface area contributed by atoms with Crippen LogP contribution in [0.3, 0.4) is 0 Å². The van der Waals surface area contributed by atoms with Crippen molar-refractivity contribution >= 4 is 11.6 Å². The Kier molecular flexibility index (Phi) is 5.08. The maximum absolute atomic E-state index is 12.3. The van der Waals surface area contributed by atoms with Crippen LogP contribution in [0.25, 0.3) is 11.3 Å². The molecule has 0 saturated carbocycles. The normalized spacial score (nSPS) is 15.3. The first-order valence-electron chi connectivity index (χ1n) is 8.56. The number of amides is 1. The van der Waals surface area contributed by atoms with Crippen molar-refractivity contribution < 1.29 is 4.79 Å². The largest absolute Gasteiger partial charge is 0.368 e. The highest BCUT2D eigenvalue weighted by Crippen LogP contribution is 2.31. The van der Waals surface area contributed by atoms with Crippen molar-refractivity contribution in [3.05, 3.63) is 42.9 Å². The van der Waals surface area contributed by atoms with Gasteiger partial charge >= 0.3 is 0 Å². The smallest absolute Gasteiger partial charge is 0.225 e. The number of aromatic nitrogens is 2. The fraction of sp³-hybridized carbons (Fsp3) is 0.421. The number of rotatable bonds is 4. The van der Waals surface area contributed by atoms with Crippen molar-refractivity contribution in [3.8, 4) is 11.3 Å². The zero-order valence-corrected chi connectivity index (χ0v) is 14.4. The standard InChI is InChI=1S/C19H24N4O/c1-3-22(2)19(24)16-9-11-23(12-10-16)17-13-20-14-21-18(17)15-7-5-4-6-8-15/h4-8,13-14,16H,3,9-12H2,1-2H3. The minimum Gasteiger partial charge on any atom is -0.368 e. The Morgan fingerprint density at radius 2 is 1.96 bits per heavy atom. The molecule has 1 saturated heterocycles. The van der Waals surface area contributed by atoms with Gasteiger partial charge in [0.15, 0.2) is 0 Å². The fourth-order valence-electron chi connectivity index (χ4n) is 3.21.